The van der Waals surface area contributed by atoms with Crippen molar-refractivity contribution in [2.75, 3.05) is 18.0 Å². The first kappa shape index (κ1) is 13.0. The minimum Gasteiger partial charge on any atom is -0.371 e. The van der Waals surface area contributed by atoms with Crippen LogP contribution in [-0.4, -0.2) is 13.1 Å². The Balaban J connectivity index is 1.68. The maximum Gasteiger partial charge on any atom is 0.0366 e. The minimum absolute atomic E-state index is 0.189. The van der Waals surface area contributed by atoms with E-state index in [4.69, 9.17) is 5.73 Å². The van der Waals surface area contributed by atoms with Crippen molar-refractivity contribution in [3.63, 3.8) is 0 Å². The van der Waals surface area contributed by atoms with E-state index in [9.17, 15) is 0 Å². The molecule has 0 amide bonds. The fourth-order valence-corrected chi connectivity index (χ4v) is 2.68. The van der Waals surface area contributed by atoms with Gasteiger partial charge in [-0.05, 0) is 61.6 Å². The molecular weight excluding hydrogens is 232 g/mol. The van der Waals surface area contributed by atoms with Gasteiger partial charge in [0, 0.05) is 24.8 Å². The van der Waals surface area contributed by atoms with Gasteiger partial charge in [-0.25, -0.2) is 0 Å². The van der Waals surface area contributed by atoms with E-state index in [0.29, 0.717) is 0 Å². The summed E-state index contributed by atoms with van der Waals surface area (Å²) in [6.07, 6.45) is 6.73. The first-order chi connectivity index (χ1) is 9.26. The zero-order valence-corrected chi connectivity index (χ0v) is 12.0. The van der Waals surface area contributed by atoms with Gasteiger partial charge < -0.3 is 10.6 Å². The summed E-state index contributed by atoms with van der Waals surface area (Å²) in [4.78, 5) is 2.61. The molecule has 2 nitrogen and oxygen atoms in total. The number of hydrogen-bond donors (Lipinski definition) is 1. The van der Waals surface area contributed by atoms with Gasteiger partial charge >= 0.3 is 0 Å². The second-order valence-electron chi connectivity index (χ2n) is 6.40. The average molecular weight is 258 g/mol. The molecule has 2 fully saturated rings. The van der Waals surface area contributed by atoms with Crippen LogP contribution in [0.25, 0.3) is 0 Å². The van der Waals surface area contributed by atoms with E-state index in [0.717, 1.165) is 18.3 Å². The van der Waals surface area contributed by atoms with E-state index in [2.05, 4.69) is 36.1 Å². The molecule has 2 N–H and O–H groups in total. The van der Waals surface area contributed by atoms with E-state index in [1.807, 2.05) is 0 Å². The second-order valence-corrected chi connectivity index (χ2v) is 6.40. The molecule has 0 spiro atoms. The molecule has 0 aliphatic heterocycles. The zero-order valence-electron chi connectivity index (χ0n) is 12.0. The molecule has 0 unspecified atom stereocenters. The van der Waals surface area contributed by atoms with E-state index in [-0.39, 0.29) is 6.04 Å². The molecule has 2 aliphatic rings. The molecule has 0 radical (unpaired) electrons. The fraction of sp³-hybridized carbons (Fsp3) is 0.647. The van der Waals surface area contributed by atoms with Gasteiger partial charge in [-0.15, -0.1) is 0 Å². The van der Waals surface area contributed by atoms with Crippen LogP contribution in [0.5, 0.6) is 0 Å². The summed E-state index contributed by atoms with van der Waals surface area (Å²) in [7, 11) is 0. The molecule has 19 heavy (non-hydrogen) atoms. The predicted octanol–water partition coefficient (Wildman–Crippen LogP) is 3.72. The molecule has 2 saturated carbocycles. The lowest BCUT2D eigenvalue weighted by Gasteiger charge is -2.25. The minimum atomic E-state index is 0.189. The lowest BCUT2D eigenvalue weighted by Crippen LogP contribution is -2.28. The van der Waals surface area contributed by atoms with Gasteiger partial charge in [-0.1, -0.05) is 19.1 Å². The van der Waals surface area contributed by atoms with Crippen LogP contribution in [0.15, 0.2) is 24.3 Å². The number of hydrogen-bond acceptors (Lipinski definition) is 2. The Hall–Kier alpha value is -1.02. The molecular formula is C17H26N2. The first-order valence-corrected chi connectivity index (χ1v) is 7.86. The van der Waals surface area contributed by atoms with Crippen LogP contribution in [-0.2, 0) is 0 Å². The molecule has 1 atom stereocenters. The topological polar surface area (TPSA) is 29.3 Å². The maximum atomic E-state index is 6.09. The van der Waals surface area contributed by atoms with E-state index in [1.54, 1.807) is 0 Å². The van der Waals surface area contributed by atoms with E-state index < -0.39 is 0 Å². The van der Waals surface area contributed by atoms with Crippen molar-refractivity contribution in [1.29, 1.82) is 0 Å². The SMILES string of the molecule is CC[C@@H](N)c1ccc(N(CC2CC2)CC2CC2)cc1. The van der Waals surface area contributed by atoms with Gasteiger partial charge in [-0.2, -0.15) is 0 Å². The molecule has 2 heteroatoms. The number of nitrogens with two attached hydrogens (primary N) is 1. The highest BCUT2D eigenvalue weighted by Crippen LogP contribution is 2.35. The summed E-state index contributed by atoms with van der Waals surface area (Å²) >= 11 is 0. The molecule has 104 valence electrons. The smallest absolute Gasteiger partial charge is 0.0366 e. The molecule has 0 aromatic heterocycles. The van der Waals surface area contributed by atoms with Crippen molar-refractivity contribution < 1.29 is 0 Å². The van der Waals surface area contributed by atoms with Crippen LogP contribution in [0.1, 0.15) is 50.6 Å². The molecule has 2 aliphatic carbocycles. The fourth-order valence-electron chi connectivity index (χ4n) is 2.68. The van der Waals surface area contributed by atoms with Crippen molar-refractivity contribution in [3.05, 3.63) is 29.8 Å². The third-order valence-corrected chi connectivity index (χ3v) is 4.48. The van der Waals surface area contributed by atoms with Gasteiger partial charge in [0.1, 0.15) is 0 Å². The molecule has 1 aromatic rings. The van der Waals surface area contributed by atoms with Crippen LogP contribution in [0.3, 0.4) is 0 Å². The summed E-state index contributed by atoms with van der Waals surface area (Å²) in [6, 6.07) is 9.17. The molecule has 1 aromatic carbocycles. The van der Waals surface area contributed by atoms with Gasteiger partial charge in [0.2, 0.25) is 0 Å². The molecule has 0 bridgehead atoms. The van der Waals surface area contributed by atoms with Crippen LogP contribution < -0.4 is 10.6 Å². The predicted molar refractivity (Wildman–Crippen MR) is 81.3 cm³/mol. The van der Waals surface area contributed by atoms with Gasteiger partial charge in [-0.3, -0.25) is 0 Å². The molecule has 0 saturated heterocycles. The first-order valence-electron chi connectivity index (χ1n) is 7.86. The van der Waals surface area contributed by atoms with Gasteiger partial charge in [0.05, 0.1) is 0 Å². The quantitative estimate of drug-likeness (QED) is 0.807. The van der Waals surface area contributed by atoms with Crippen LogP contribution >= 0.6 is 0 Å². The number of nitrogens with zero attached hydrogens (tertiary/aromatic N) is 1. The summed E-state index contributed by atoms with van der Waals surface area (Å²) in [5, 5.41) is 0. The third kappa shape index (κ3) is 3.50. The van der Waals surface area contributed by atoms with Gasteiger partial charge in [0.25, 0.3) is 0 Å². The summed E-state index contributed by atoms with van der Waals surface area (Å²) in [5.74, 6) is 1.91. The normalized spacial score (nSPS) is 20.3. The van der Waals surface area contributed by atoms with Gasteiger partial charge in [0.15, 0.2) is 0 Å². The standard InChI is InChI=1S/C17H26N2/c1-2-17(18)15-7-9-16(10-8-15)19(11-13-3-4-13)12-14-5-6-14/h7-10,13-14,17H,2-6,11-12,18H2,1H3/t17-/m1/s1. The zero-order chi connectivity index (χ0) is 13.2. The Morgan fingerprint density at radius 2 is 1.58 bits per heavy atom. The Kier molecular flexibility index (Phi) is 3.79. The second kappa shape index (κ2) is 5.54. The molecule has 0 heterocycles. The average Bonchev–Trinajstić information content (AvgIpc) is 3.32. The maximum absolute atomic E-state index is 6.09. The van der Waals surface area contributed by atoms with Crippen LogP contribution in [0.2, 0.25) is 0 Å². The lowest BCUT2D eigenvalue weighted by molar-refractivity contribution is 0.677. The third-order valence-electron chi connectivity index (χ3n) is 4.48. The monoisotopic (exact) mass is 258 g/mol. The van der Waals surface area contributed by atoms with Crippen molar-refractivity contribution in [2.24, 2.45) is 17.6 Å². The lowest BCUT2D eigenvalue weighted by atomic mass is 10.0. The summed E-state index contributed by atoms with van der Waals surface area (Å²) in [6.45, 7) is 4.66. The van der Waals surface area contributed by atoms with Crippen molar-refractivity contribution in [1.82, 2.24) is 0 Å². The van der Waals surface area contributed by atoms with Crippen LogP contribution in [0, 0.1) is 11.8 Å². The van der Waals surface area contributed by atoms with E-state index >= 15 is 0 Å². The Morgan fingerprint density at radius 3 is 2.00 bits per heavy atom. The Bertz CT molecular complexity index is 390. The van der Waals surface area contributed by atoms with E-state index in [1.165, 1.54) is 50.0 Å². The highest BCUT2D eigenvalue weighted by atomic mass is 15.1. The van der Waals surface area contributed by atoms with Crippen molar-refractivity contribution >= 4 is 5.69 Å². The highest BCUT2D eigenvalue weighted by Gasteiger charge is 2.29. The Labute approximate surface area is 117 Å². The number of benzene rings is 1. The van der Waals surface area contributed by atoms with Crippen LogP contribution in [0.4, 0.5) is 5.69 Å². The Morgan fingerprint density at radius 1 is 1.05 bits per heavy atom. The summed E-state index contributed by atoms with van der Waals surface area (Å²) in [5.41, 5.74) is 8.75. The largest absolute Gasteiger partial charge is 0.371 e. The van der Waals surface area contributed by atoms with Crippen molar-refractivity contribution in [3.8, 4) is 0 Å². The van der Waals surface area contributed by atoms with Crippen molar-refractivity contribution in [2.45, 2.75) is 45.1 Å². The summed E-state index contributed by atoms with van der Waals surface area (Å²) < 4.78 is 0. The number of rotatable bonds is 7. The number of anilines is 1. The highest BCUT2D eigenvalue weighted by molar-refractivity contribution is 5.48. The molecule has 3 rings (SSSR count).